The summed E-state index contributed by atoms with van der Waals surface area (Å²) in [4.78, 5) is 19.7. The minimum atomic E-state index is -0.354. The summed E-state index contributed by atoms with van der Waals surface area (Å²) < 4.78 is 0. The van der Waals surface area contributed by atoms with Gasteiger partial charge in [-0.1, -0.05) is 0 Å². The van der Waals surface area contributed by atoms with Gasteiger partial charge in [-0.15, -0.1) is 11.3 Å². The van der Waals surface area contributed by atoms with Gasteiger partial charge in [-0.2, -0.15) is 9.97 Å². The third-order valence-electron chi connectivity index (χ3n) is 2.70. The molecule has 0 atom stereocenters. The third-order valence-corrected chi connectivity index (χ3v) is 3.80. The standard InChI is InChI=1S/C11H13N7S/c1-11(2,9-13-3-4-19-9)18-8-6-7(15-5-14-6)16-10(12)17-8/h3-5H,1-2H3,(H4,12,14,15,16,17,18). The molecule has 98 valence electrons. The average Bonchev–Trinajstić information content (AvgIpc) is 2.98. The molecule has 0 aliphatic carbocycles. The lowest BCUT2D eigenvalue weighted by Gasteiger charge is -2.24. The van der Waals surface area contributed by atoms with Crippen molar-refractivity contribution in [2.75, 3.05) is 11.1 Å². The lowest BCUT2D eigenvalue weighted by atomic mass is 10.1. The molecular formula is C11H13N7S. The van der Waals surface area contributed by atoms with E-state index in [2.05, 4.69) is 30.2 Å². The normalized spacial score (nSPS) is 11.9. The Labute approximate surface area is 113 Å². The molecule has 0 saturated carbocycles. The van der Waals surface area contributed by atoms with Gasteiger partial charge in [0.1, 0.15) is 10.5 Å². The molecule has 3 rings (SSSR count). The summed E-state index contributed by atoms with van der Waals surface area (Å²) >= 11 is 1.59. The lowest BCUT2D eigenvalue weighted by Crippen LogP contribution is -2.28. The molecule has 0 spiro atoms. The highest BCUT2D eigenvalue weighted by Gasteiger charge is 2.25. The highest BCUT2D eigenvalue weighted by atomic mass is 32.1. The van der Waals surface area contributed by atoms with Gasteiger partial charge in [0.15, 0.2) is 11.5 Å². The topological polar surface area (TPSA) is 105 Å². The van der Waals surface area contributed by atoms with Gasteiger partial charge in [0.2, 0.25) is 5.95 Å². The minimum Gasteiger partial charge on any atom is -0.368 e. The molecule has 0 fully saturated rings. The number of aromatic nitrogens is 5. The van der Waals surface area contributed by atoms with Crippen LogP contribution in [0.25, 0.3) is 11.2 Å². The van der Waals surface area contributed by atoms with Gasteiger partial charge in [-0.3, -0.25) is 0 Å². The van der Waals surface area contributed by atoms with E-state index >= 15 is 0 Å². The third kappa shape index (κ3) is 2.10. The lowest BCUT2D eigenvalue weighted by molar-refractivity contribution is 0.602. The van der Waals surface area contributed by atoms with Crippen LogP contribution in [0.1, 0.15) is 18.9 Å². The number of fused-ring (bicyclic) bond motifs is 1. The van der Waals surface area contributed by atoms with E-state index in [-0.39, 0.29) is 11.5 Å². The molecule has 0 amide bonds. The molecule has 0 aromatic carbocycles. The van der Waals surface area contributed by atoms with Gasteiger partial charge in [-0.25, -0.2) is 9.97 Å². The zero-order valence-electron chi connectivity index (χ0n) is 10.5. The number of nitrogens with two attached hydrogens (primary N) is 1. The van der Waals surface area contributed by atoms with E-state index in [1.807, 2.05) is 19.2 Å². The molecule has 8 heteroatoms. The van der Waals surface area contributed by atoms with Gasteiger partial charge in [0.25, 0.3) is 0 Å². The van der Waals surface area contributed by atoms with Gasteiger partial charge < -0.3 is 16.0 Å². The Morgan fingerprint density at radius 2 is 2.16 bits per heavy atom. The second-order valence-electron chi connectivity index (χ2n) is 4.62. The Morgan fingerprint density at radius 1 is 1.32 bits per heavy atom. The molecule has 3 heterocycles. The Morgan fingerprint density at radius 3 is 2.89 bits per heavy atom. The highest BCUT2D eigenvalue weighted by Crippen LogP contribution is 2.28. The quantitative estimate of drug-likeness (QED) is 0.672. The van der Waals surface area contributed by atoms with Crippen LogP contribution >= 0.6 is 11.3 Å². The van der Waals surface area contributed by atoms with Crippen molar-refractivity contribution in [2.45, 2.75) is 19.4 Å². The Bertz CT molecular complexity index is 701. The largest absolute Gasteiger partial charge is 0.368 e. The predicted molar refractivity (Wildman–Crippen MR) is 74.9 cm³/mol. The number of aromatic amines is 1. The van der Waals surface area contributed by atoms with Crippen molar-refractivity contribution in [3.63, 3.8) is 0 Å². The second-order valence-corrected chi connectivity index (χ2v) is 5.51. The molecule has 0 aliphatic rings. The highest BCUT2D eigenvalue weighted by molar-refractivity contribution is 7.09. The maximum absolute atomic E-state index is 5.69. The number of nitrogens with zero attached hydrogens (tertiary/aromatic N) is 4. The fourth-order valence-corrected chi connectivity index (χ4v) is 2.54. The first-order valence-electron chi connectivity index (χ1n) is 5.71. The van der Waals surface area contributed by atoms with E-state index in [0.717, 1.165) is 10.5 Å². The summed E-state index contributed by atoms with van der Waals surface area (Å²) in [6, 6.07) is 0. The van der Waals surface area contributed by atoms with Crippen molar-refractivity contribution in [3.8, 4) is 0 Å². The van der Waals surface area contributed by atoms with Crippen LogP contribution in [0, 0.1) is 0 Å². The van der Waals surface area contributed by atoms with Crippen LogP contribution in [0.15, 0.2) is 17.9 Å². The molecule has 0 saturated heterocycles. The number of thiazole rings is 1. The number of rotatable bonds is 3. The molecule has 3 aromatic rings. The maximum atomic E-state index is 5.69. The molecular weight excluding hydrogens is 262 g/mol. The van der Waals surface area contributed by atoms with E-state index in [1.165, 1.54) is 0 Å². The second kappa shape index (κ2) is 4.16. The number of nitrogen functional groups attached to an aromatic ring is 1. The number of nitrogens with one attached hydrogen (secondary N) is 2. The fourth-order valence-electron chi connectivity index (χ4n) is 1.82. The van der Waals surface area contributed by atoms with E-state index in [9.17, 15) is 0 Å². The summed E-state index contributed by atoms with van der Waals surface area (Å²) in [5.41, 5.74) is 6.62. The number of H-pyrrole nitrogens is 1. The van der Waals surface area contributed by atoms with E-state index in [0.29, 0.717) is 11.5 Å². The van der Waals surface area contributed by atoms with Crippen molar-refractivity contribution in [2.24, 2.45) is 0 Å². The van der Waals surface area contributed by atoms with Gasteiger partial charge in [-0.05, 0) is 13.8 Å². The van der Waals surface area contributed by atoms with Crippen LogP contribution in [0.2, 0.25) is 0 Å². The number of anilines is 2. The van der Waals surface area contributed by atoms with Crippen LogP contribution < -0.4 is 11.1 Å². The van der Waals surface area contributed by atoms with Crippen molar-refractivity contribution >= 4 is 34.3 Å². The Hall–Kier alpha value is -2.22. The first-order valence-corrected chi connectivity index (χ1v) is 6.59. The molecule has 7 nitrogen and oxygen atoms in total. The smallest absolute Gasteiger partial charge is 0.224 e. The van der Waals surface area contributed by atoms with Gasteiger partial charge >= 0.3 is 0 Å². The number of hydrogen-bond acceptors (Lipinski definition) is 7. The number of hydrogen-bond donors (Lipinski definition) is 3. The summed E-state index contributed by atoms with van der Waals surface area (Å²) in [6.45, 7) is 4.07. The summed E-state index contributed by atoms with van der Waals surface area (Å²) in [5.74, 6) is 0.817. The summed E-state index contributed by atoms with van der Waals surface area (Å²) in [6.07, 6.45) is 3.35. The van der Waals surface area contributed by atoms with Crippen LogP contribution in [-0.4, -0.2) is 24.9 Å². The Kier molecular flexibility index (Phi) is 2.59. The van der Waals surface area contributed by atoms with Crippen LogP contribution in [0.3, 0.4) is 0 Å². The fraction of sp³-hybridized carbons (Fsp3) is 0.273. The van der Waals surface area contributed by atoms with E-state index < -0.39 is 0 Å². The monoisotopic (exact) mass is 275 g/mol. The SMILES string of the molecule is CC(C)(Nc1nc(N)nc2nc[nH]c12)c1nccs1. The molecule has 0 radical (unpaired) electrons. The zero-order valence-corrected chi connectivity index (χ0v) is 11.3. The number of imidazole rings is 1. The van der Waals surface area contributed by atoms with Crippen LogP contribution in [0.5, 0.6) is 0 Å². The summed E-state index contributed by atoms with van der Waals surface area (Å²) in [7, 11) is 0. The van der Waals surface area contributed by atoms with Crippen LogP contribution in [0.4, 0.5) is 11.8 Å². The molecule has 4 N–H and O–H groups in total. The van der Waals surface area contributed by atoms with Crippen LogP contribution in [-0.2, 0) is 5.54 Å². The van der Waals surface area contributed by atoms with Gasteiger partial charge in [0.05, 0.1) is 11.9 Å². The zero-order chi connectivity index (χ0) is 13.5. The van der Waals surface area contributed by atoms with Crippen molar-refractivity contribution in [1.82, 2.24) is 24.9 Å². The van der Waals surface area contributed by atoms with Crippen molar-refractivity contribution in [3.05, 3.63) is 22.9 Å². The first kappa shape index (κ1) is 11.8. The van der Waals surface area contributed by atoms with Crippen molar-refractivity contribution in [1.29, 1.82) is 0 Å². The van der Waals surface area contributed by atoms with E-state index in [1.54, 1.807) is 23.9 Å². The molecule has 3 aromatic heterocycles. The molecule has 0 unspecified atom stereocenters. The predicted octanol–water partition coefficient (Wildman–Crippen LogP) is 1.74. The van der Waals surface area contributed by atoms with Gasteiger partial charge in [0, 0.05) is 11.6 Å². The summed E-state index contributed by atoms with van der Waals surface area (Å²) in [5, 5.41) is 6.25. The molecule has 0 bridgehead atoms. The first-order chi connectivity index (χ1) is 9.06. The average molecular weight is 275 g/mol. The molecule has 19 heavy (non-hydrogen) atoms. The Balaban J connectivity index is 2.03. The minimum absolute atomic E-state index is 0.192. The van der Waals surface area contributed by atoms with E-state index in [4.69, 9.17) is 5.73 Å². The van der Waals surface area contributed by atoms with Crippen molar-refractivity contribution < 1.29 is 0 Å². The maximum Gasteiger partial charge on any atom is 0.224 e. The molecule has 0 aliphatic heterocycles.